The molecule has 1 heterocycles. The van der Waals surface area contributed by atoms with Gasteiger partial charge in [-0.2, -0.15) is 0 Å². The Morgan fingerprint density at radius 2 is 2.05 bits per heavy atom. The van der Waals surface area contributed by atoms with Crippen LogP contribution in [-0.2, 0) is 19.5 Å². The molecule has 1 atom stereocenters. The van der Waals surface area contributed by atoms with Crippen molar-refractivity contribution in [2.45, 2.75) is 25.0 Å². The van der Waals surface area contributed by atoms with Crippen molar-refractivity contribution >= 4 is 21.8 Å². The first-order chi connectivity index (χ1) is 9.84. The number of hydrogen-bond donors (Lipinski definition) is 1. The highest BCUT2D eigenvalue weighted by molar-refractivity contribution is 7.94. The maximum absolute atomic E-state index is 12.7. The first kappa shape index (κ1) is 15.6. The quantitative estimate of drug-likeness (QED) is 0.920. The van der Waals surface area contributed by atoms with E-state index in [0.29, 0.717) is 5.69 Å². The number of nitrogens with one attached hydrogen (secondary N) is 1. The number of carbonyl (C=O) groups excluding carboxylic acids is 1. The third-order valence-electron chi connectivity index (χ3n) is 3.89. The minimum absolute atomic E-state index is 0.233. The molecule has 0 bridgehead atoms. The fourth-order valence-corrected chi connectivity index (χ4v) is 4.45. The summed E-state index contributed by atoms with van der Waals surface area (Å²) in [5.74, 6) is 0. The van der Waals surface area contributed by atoms with Gasteiger partial charge in [-0.15, -0.1) is 0 Å². The van der Waals surface area contributed by atoms with E-state index in [9.17, 15) is 13.2 Å². The summed E-state index contributed by atoms with van der Waals surface area (Å²) in [6.07, 6.45) is -0.242. The topological polar surface area (TPSA) is 75.7 Å². The zero-order valence-electron chi connectivity index (χ0n) is 12.4. The minimum Gasteiger partial charge on any atom is -0.450 e. The highest BCUT2D eigenvalue weighted by atomic mass is 32.2. The summed E-state index contributed by atoms with van der Waals surface area (Å²) in [6, 6.07) is 7.25. The molecule has 6 nitrogen and oxygen atoms in total. The van der Waals surface area contributed by atoms with E-state index in [-0.39, 0.29) is 19.6 Å². The number of alkyl carbamates (subject to hydrolysis) is 1. The van der Waals surface area contributed by atoms with Crippen LogP contribution < -0.4 is 9.62 Å². The van der Waals surface area contributed by atoms with E-state index >= 15 is 0 Å². The van der Waals surface area contributed by atoms with Gasteiger partial charge < -0.3 is 10.1 Å². The number of nitrogens with zero attached hydrogens (tertiary/aromatic N) is 1. The summed E-state index contributed by atoms with van der Waals surface area (Å²) < 4.78 is 30.4. The lowest BCUT2D eigenvalue weighted by atomic mass is 9.95. The van der Waals surface area contributed by atoms with Gasteiger partial charge in [-0.05, 0) is 31.9 Å². The average Bonchev–Trinajstić information content (AvgIpc) is 2.59. The Morgan fingerprint density at radius 1 is 1.38 bits per heavy atom. The molecule has 1 aromatic carbocycles. The third kappa shape index (κ3) is 2.46. The minimum atomic E-state index is -3.49. The average molecular weight is 312 g/mol. The summed E-state index contributed by atoms with van der Waals surface area (Å²) in [5, 5.41) is 2.57. The summed E-state index contributed by atoms with van der Waals surface area (Å²) >= 11 is 0. The van der Waals surface area contributed by atoms with E-state index in [1.165, 1.54) is 4.31 Å². The van der Waals surface area contributed by atoms with Crippen molar-refractivity contribution in [1.82, 2.24) is 5.32 Å². The number of sulfonamides is 1. The van der Waals surface area contributed by atoms with Crippen LogP contribution in [0.25, 0.3) is 0 Å². The van der Waals surface area contributed by atoms with Crippen LogP contribution in [0, 0.1) is 0 Å². The summed E-state index contributed by atoms with van der Waals surface area (Å²) in [4.78, 5) is 11.3. The summed E-state index contributed by atoms with van der Waals surface area (Å²) in [6.45, 7) is 3.93. The van der Waals surface area contributed by atoms with Gasteiger partial charge in [0.1, 0.15) is 4.75 Å². The lowest BCUT2D eigenvalue weighted by molar-refractivity contribution is 0.152. The lowest BCUT2D eigenvalue weighted by Crippen LogP contribution is -2.39. The van der Waals surface area contributed by atoms with E-state index in [1.807, 2.05) is 18.2 Å². The molecule has 7 heteroatoms. The van der Waals surface area contributed by atoms with Gasteiger partial charge in [0.25, 0.3) is 0 Å². The van der Waals surface area contributed by atoms with Crippen LogP contribution in [-0.4, -0.2) is 34.7 Å². The molecule has 0 saturated carbocycles. The van der Waals surface area contributed by atoms with Gasteiger partial charge in [0.15, 0.2) is 0 Å². The van der Waals surface area contributed by atoms with E-state index in [4.69, 9.17) is 4.74 Å². The second-order valence-corrected chi connectivity index (χ2v) is 7.52. The van der Waals surface area contributed by atoms with Crippen LogP contribution >= 0.6 is 0 Å². The van der Waals surface area contributed by atoms with Crippen molar-refractivity contribution in [3.05, 3.63) is 29.8 Å². The smallest absolute Gasteiger partial charge is 0.407 e. The van der Waals surface area contributed by atoms with E-state index in [0.717, 1.165) is 5.56 Å². The van der Waals surface area contributed by atoms with Crippen molar-refractivity contribution in [2.24, 2.45) is 0 Å². The second-order valence-electron chi connectivity index (χ2n) is 5.12. The maximum atomic E-state index is 12.7. The lowest BCUT2D eigenvalue weighted by Gasteiger charge is -2.25. The van der Waals surface area contributed by atoms with Crippen molar-refractivity contribution in [3.63, 3.8) is 0 Å². The molecule has 116 valence electrons. The first-order valence-electron chi connectivity index (χ1n) is 6.83. The Morgan fingerprint density at radius 3 is 2.71 bits per heavy atom. The molecular formula is C14H20N2O4S. The van der Waals surface area contributed by atoms with Gasteiger partial charge >= 0.3 is 6.09 Å². The van der Waals surface area contributed by atoms with Crippen LogP contribution in [0.15, 0.2) is 24.3 Å². The zero-order valence-corrected chi connectivity index (χ0v) is 13.2. The van der Waals surface area contributed by atoms with Gasteiger partial charge in [0.05, 0.1) is 12.3 Å². The fraction of sp³-hybridized carbons (Fsp3) is 0.500. The van der Waals surface area contributed by atoms with Crippen LogP contribution in [0.2, 0.25) is 0 Å². The maximum Gasteiger partial charge on any atom is 0.407 e. The second kappa shape index (κ2) is 5.55. The molecule has 1 amide bonds. The zero-order chi connectivity index (χ0) is 15.7. The van der Waals surface area contributed by atoms with Crippen molar-refractivity contribution < 1.29 is 17.9 Å². The van der Waals surface area contributed by atoms with Gasteiger partial charge in [0, 0.05) is 13.6 Å². The standard InChI is InChI=1S/C14H20N2O4S/c1-4-20-13(17)15-10-9-14(2)11-7-5-6-8-12(11)16(3)21(14,18)19/h5-8H,4,9-10H2,1-3H3,(H,15,17). The molecule has 1 aliphatic rings. The van der Waals surface area contributed by atoms with Crippen LogP contribution in [0.5, 0.6) is 0 Å². The van der Waals surface area contributed by atoms with Gasteiger partial charge in [-0.3, -0.25) is 4.31 Å². The molecule has 0 saturated heterocycles. The predicted octanol–water partition coefficient (Wildman–Crippen LogP) is 1.82. The molecule has 0 fully saturated rings. The number of hydrogen-bond acceptors (Lipinski definition) is 4. The molecule has 0 radical (unpaired) electrons. The normalized spacial score (nSPS) is 22.7. The van der Waals surface area contributed by atoms with Crippen molar-refractivity contribution in [1.29, 1.82) is 0 Å². The Bertz CT molecular complexity index is 644. The Hall–Kier alpha value is -1.76. The Labute approximate surface area is 125 Å². The highest BCUT2D eigenvalue weighted by Gasteiger charge is 2.50. The van der Waals surface area contributed by atoms with Crippen LogP contribution in [0.1, 0.15) is 25.8 Å². The van der Waals surface area contributed by atoms with Crippen molar-refractivity contribution in [2.75, 3.05) is 24.5 Å². The van der Waals surface area contributed by atoms with E-state index in [2.05, 4.69) is 5.32 Å². The monoisotopic (exact) mass is 312 g/mol. The van der Waals surface area contributed by atoms with Crippen LogP contribution in [0.4, 0.5) is 10.5 Å². The Balaban J connectivity index is 2.22. The van der Waals surface area contributed by atoms with E-state index < -0.39 is 20.9 Å². The molecule has 0 spiro atoms. The van der Waals surface area contributed by atoms with Gasteiger partial charge in [-0.1, -0.05) is 18.2 Å². The first-order valence-corrected chi connectivity index (χ1v) is 8.27. The molecular weight excluding hydrogens is 292 g/mol. The van der Waals surface area contributed by atoms with E-state index in [1.54, 1.807) is 27.0 Å². The highest BCUT2D eigenvalue weighted by Crippen LogP contribution is 2.47. The number of fused-ring (bicyclic) bond motifs is 1. The fourth-order valence-electron chi connectivity index (χ4n) is 2.61. The summed E-state index contributed by atoms with van der Waals surface area (Å²) in [7, 11) is -1.94. The number of benzene rings is 1. The SMILES string of the molecule is CCOC(=O)NCCC1(C)c2ccccc2N(C)S1(=O)=O. The molecule has 1 aromatic rings. The number of amides is 1. The number of carbonyl (C=O) groups is 1. The number of rotatable bonds is 4. The number of para-hydroxylation sites is 1. The predicted molar refractivity (Wildman–Crippen MR) is 80.8 cm³/mol. The number of anilines is 1. The van der Waals surface area contributed by atoms with Crippen LogP contribution in [0.3, 0.4) is 0 Å². The largest absolute Gasteiger partial charge is 0.450 e. The van der Waals surface area contributed by atoms with Gasteiger partial charge in [-0.25, -0.2) is 13.2 Å². The van der Waals surface area contributed by atoms with Crippen molar-refractivity contribution in [3.8, 4) is 0 Å². The molecule has 0 aromatic heterocycles. The molecule has 0 aliphatic carbocycles. The molecule has 1 unspecified atom stereocenters. The number of ether oxygens (including phenoxy) is 1. The molecule has 21 heavy (non-hydrogen) atoms. The molecule has 2 rings (SSSR count). The summed E-state index contributed by atoms with van der Waals surface area (Å²) in [5.41, 5.74) is 1.45. The molecule has 1 N–H and O–H groups in total. The third-order valence-corrected chi connectivity index (χ3v) is 6.37. The molecule has 1 aliphatic heterocycles. The van der Waals surface area contributed by atoms with Gasteiger partial charge in [0.2, 0.25) is 10.0 Å². The Kier molecular flexibility index (Phi) is 4.13.